The Morgan fingerprint density at radius 2 is 2.05 bits per heavy atom. The van der Waals surface area contributed by atoms with Crippen molar-refractivity contribution < 1.29 is 9.90 Å². The van der Waals surface area contributed by atoms with Gasteiger partial charge in [0, 0.05) is 24.2 Å². The molecule has 0 unspecified atom stereocenters. The summed E-state index contributed by atoms with van der Waals surface area (Å²) >= 11 is 0. The van der Waals surface area contributed by atoms with Gasteiger partial charge in [-0.3, -0.25) is 4.98 Å². The van der Waals surface area contributed by atoms with Crippen LogP contribution in [-0.4, -0.2) is 26.0 Å². The highest BCUT2D eigenvalue weighted by Gasteiger charge is 2.17. The molecule has 0 fully saturated rings. The number of hydrogen-bond donors (Lipinski definition) is 1. The average molecular weight is 257 g/mol. The molecule has 5 heteroatoms. The fourth-order valence-corrected chi connectivity index (χ4v) is 1.85. The van der Waals surface area contributed by atoms with Crippen molar-refractivity contribution >= 4 is 5.97 Å². The number of carbonyl (C=O) groups is 1. The van der Waals surface area contributed by atoms with Crippen LogP contribution in [0.2, 0.25) is 0 Å². The van der Waals surface area contributed by atoms with Crippen molar-refractivity contribution in [1.82, 2.24) is 15.0 Å². The first kappa shape index (κ1) is 13.1. The van der Waals surface area contributed by atoms with Gasteiger partial charge in [-0.15, -0.1) is 0 Å². The van der Waals surface area contributed by atoms with E-state index < -0.39 is 5.97 Å². The fourth-order valence-electron chi connectivity index (χ4n) is 1.85. The minimum Gasteiger partial charge on any atom is -0.478 e. The Morgan fingerprint density at radius 1 is 1.32 bits per heavy atom. The zero-order chi connectivity index (χ0) is 14.0. The second kappa shape index (κ2) is 5.14. The molecular formula is C14H15N3O2. The summed E-state index contributed by atoms with van der Waals surface area (Å²) in [6.45, 7) is 5.75. The van der Waals surface area contributed by atoms with Crippen molar-refractivity contribution in [2.75, 3.05) is 0 Å². The van der Waals surface area contributed by atoms with Crippen molar-refractivity contribution in [3.8, 4) is 11.4 Å². The van der Waals surface area contributed by atoms with E-state index in [9.17, 15) is 4.79 Å². The van der Waals surface area contributed by atoms with Crippen molar-refractivity contribution in [3.63, 3.8) is 0 Å². The number of carboxylic acid groups (broad SMARTS) is 1. The zero-order valence-corrected chi connectivity index (χ0v) is 11.1. The molecule has 98 valence electrons. The molecule has 2 aromatic heterocycles. The van der Waals surface area contributed by atoms with E-state index in [0.717, 1.165) is 11.1 Å². The molecule has 0 amide bonds. The lowest BCUT2D eigenvalue weighted by Crippen LogP contribution is -2.09. The Hall–Kier alpha value is -2.30. The maximum atomic E-state index is 11.2. The van der Waals surface area contributed by atoms with Gasteiger partial charge < -0.3 is 5.11 Å². The Balaban J connectivity index is 2.59. The molecule has 0 aliphatic heterocycles. The van der Waals surface area contributed by atoms with E-state index in [1.54, 1.807) is 12.4 Å². The smallest absolute Gasteiger partial charge is 0.339 e. The van der Waals surface area contributed by atoms with Crippen molar-refractivity contribution in [2.45, 2.75) is 26.7 Å². The monoisotopic (exact) mass is 257 g/mol. The van der Waals surface area contributed by atoms with Crippen molar-refractivity contribution in [1.29, 1.82) is 0 Å². The maximum absolute atomic E-state index is 11.2. The van der Waals surface area contributed by atoms with Crippen molar-refractivity contribution in [2.24, 2.45) is 0 Å². The lowest BCUT2D eigenvalue weighted by Gasteiger charge is -2.11. The van der Waals surface area contributed by atoms with Crippen LogP contribution in [0.25, 0.3) is 11.4 Å². The molecule has 0 saturated heterocycles. The SMILES string of the molecule is Cc1cnccc1-c1ncc(C(=O)O)c(C(C)C)n1. The molecule has 0 bridgehead atoms. The van der Waals surface area contributed by atoms with Gasteiger partial charge in [0.25, 0.3) is 0 Å². The Kier molecular flexibility index (Phi) is 3.55. The molecule has 5 nitrogen and oxygen atoms in total. The van der Waals surface area contributed by atoms with Crippen LogP contribution in [0.3, 0.4) is 0 Å². The molecule has 0 spiro atoms. The molecule has 2 aromatic rings. The Morgan fingerprint density at radius 3 is 2.63 bits per heavy atom. The van der Waals surface area contributed by atoms with Gasteiger partial charge in [-0.25, -0.2) is 14.8 Å². The molecular weight excluding hydrogens is 242 g/mol. The first-order valence-corrected chi connectivity index (χ1v) is 6.02. The number of nitrogens with zero attached hydrogens (tertiary/aromatic N) is 3. The normalized spacial score (nSPS) is 10.7. The molecule has 0 atom stereocenters. The van der Waals surface area contributed by atoms with Gasteiger partial charge in [-0.05, 0) is 24.5 Å². The molecule has 0 aromatic carbocycles. The van der Waals surface area contributed by atoms with Gasteiger partial charge in [0.1, 0.15) is 0 Å². The number of aryl methyl sites for hydroxylation is 1. The summed E-state index contributed by atoms with van der Waals surface area (Å²) in [7, 11) is 0. The van der Waals surface area contributed by atoms with Crippen LogP contribution in [-0.2, 0) is 0 Å². The van der Waals surface area contributed by atoms with Crippen LogP contribution in [0.1, 0.15) is 41.4 Å². The predicted molar refractivity (Wildman–Crippen MR) is 71.0 cm³/mol. The van der Waals surface area contributed by atoms with Gasteiger partial charge in [-0.1, -0.05) is 13.8 Å². The van der Waals surface area contributed by atoms with Crippen molar-refractivity contribution in [3.05, 3.63) is 41.5 Å². The van der Waals surface area contributed by atoms with Crippen LogP contribution in [0, 0.1) is 6.92 Å². The standard InChI is InChI=1S/C14H15N3O2/c1-8(2)12-11(14(18)19)7-16-13(17-12)10-4-5-15-6-9(10)3/h4-8H,1-3H3,(H,18,19). The minimum atomic E-state index is -0.998. The highest BCUT2D eigenvalue weighted by atomic mass is 16.4. The molecule has 2 rings (SSSR count). The number of rotatable bonds is 3. The molecule has 0 aliphatic carbocycles. The van der Waals surface area contributed by atoms with Gasteiger partial charge in [-0.2, -0.15) is 0 Å². The molecule has 2 heterocycles. The molecule has 0 saturated carbocycles. The quantitative estimate of drug-likeness (QED) is 0.914. The van der Waals surface area contributed by atoms with Crippen LogP contribution in [0.4, 0.5) is 0 Å². The summed E-state index contributed by atoms with van der Waals surface area (Å²) in [4.78, 5) is 23.7. The number of hydrogen-bond acceptors (Lipinski definition) is 4. The molecule has 0 aliphatic rings. The number of aromatic carboxylic acids is 1. The Bertz CT molecular complexity index is 624. The summed E-state index contributed by atoms with van der Waals surface area (Å²) in [6.07, 6.45) is 4.78. The van der Waals surface area contributed by atoms with Gasteiger partial charge in [0.05, 0.1) is 11.3 Å². The van der Waals surface area contributed by atoms with Crippen LogP contribution in [0.15, 0.2) is 24.7 Å². The second-order valence-electron chi connectivity index (χ2n) is 4.64. The third kappa shape index (κ3) is 2.59. The topological polar surface area (TPSA) is 76.0 Å². The summed E-state index contributed by atoms with van der Waals surface area (Å²) in [5.74, 6) is -0.440. The van der Waals surface area contributed by atoms with E-state index in [2.05, 4.69) is 15.0 Å². The van der Waals surface area contributed by atoms with E-state index in [1.807, 2.05) is 26.8 Å². The van der Waals surface area contributed by atoms with Crippen LogP contribution < -0.4 is 0 Å². The molecule has 19 heavy (non-hydrogen) atoms. The first-order valence-electron chi connectivity index (χ1n) is 6.02. The third-order valence-corrected chi connectivity index (χ3v) is 2.86. The Labute approximate surface area is 111 Å². The van der Waals surface area contributed by atoms with E-state index >= 15 is 0 Å². The largest absolute Gasteiger partial charge is 0.478 e. The fraction of sp³-hybridized carbons (Fsp3) is 0.286. The van der Waals surface area contributed by atoms with Gasteiger partial charge in [0.15, 0.2) is 5.82 Å². The number of carboxylic acids is 1. The summed E-state index contributed by atoms with van der Waals surface area (Å²) < 4.78 is 0. The molecule has 0 radical (unpaired) electrons. The van der Waals surface area contributed by atoms with Crippen LogP contribution >= 0.6 is 0 Å². The van der Waals surface area contributed by atoms with Gasteiger partial charge in [0.2, 0.25) is 0 Å². The second-order valence-corrected chi connectivity index (χ2v) is 4.64. The van der Waals surface area contributed by atoms with E-state index in [4.69, 9.17) is 5.11 Å². The number of pyridine rings is 1. The highest BCUT2D eigenvalue weighted by molar-refractivity contribution is 5.89. The van der Waals surface area contributed by atoms with Crippen LogP contribution in [0.5, 0.6) is 0 Å². The van der Waals surface area contributed by atoms with E-state index in [1.165, 1.54) is 6.20 Å². The summed E-state index contributed by atoms with van der Waals surface area (Å²) in [5, 5.41) is 9.14. The summed E-state index contributed by atoms with van der Waals surface area (Å²) in [5.41, 5.74) is 2.54. The number of aromatic nitrogens is 3. The van der Waals surface area contributed by atoms with E-state index in [0.29, 0.717) is 11.5 Å². The van der Waals surface area contributed by atoms with Gasteiger partial charge >= 0.3 is 5.97 Å². The summed E-state index contributed by atoms with van der Waals surface area (Å²) in [6, 6.07) is 1.83. The van der Waals surface area contributed by atoms with E-state index in [-0.39, 0.29) is 11.5 Å². The highest BCUT2D eigenvalue weighted by Crippen LogP contribution is 2.23. The lowest BCUT2D eigenvalue weighted by molar-refractivity contribution is 0.0694. The lowest BCUT2D eigenvalue weighted by atomic mass is 10.0. The predicted octanol–water partition coefficient (Wildman–Crippen LogP) is 2.67. The zero-order valence-electron chi connectivity index (χ0n) is 11.1. The molecule has 1 N–H and O–H groups in total. The third-order valence-electron chi connectivity index (χ3n) is 2.86. The minimum absolute atomic E-state index is 0.0231. The maximum Gasteiger partial charge on any atom is 0.339 e. The first-order chi connectivity index (χ1) is 9.00. The average Bonchev–Trinajstić information content (AvgIpc) is 2.38.